The number of hydrogen-bond donors (Lipinski definition) is 0. The van der Waals surface area contributed by atoms with Gasteiger partial charge in [-0.1, -0.05) is 0 Å². The Morgan fingerprint density at radius 2 is 1.17 bits per heavy atom. The molecule has 0 aromatic rings. The van der Waals surface area contributed by atoms with Gasteiger partial charge in [-0.3, -0.25) is 0 Å². The maximum Gasteiger partial charge on any atom is 0.0209 e. The predicted molar refractivity (Wildman–Crippen MR) is 20.2 cm³/mol. The fraction of sp³-hybridized carbons (Fsp3) is 0. The Balaban J connectivity index is -0.00000000667. The SMILES string of the molecule is FOF.P.[Sn].[Zr]. The van der Waals surface area contributed by atoms with E-state index in [-0.39, 0.29) is 60.0 Å². The van der Waals surface area contributed by atoms with Gasteiger partial charge in [-0.2, -0.15) is 9.90 Å². The first-order valence-electron chi connectivity index (χ1n) is 0.309. The molecule has 0 saturated carbocycles. The van der Waals surface area contributed by atoms with Gasteiger partial charge in [0.2, 0.25) is 0 Å². The third-order valence-electron chi connectivity index (χ3n) is 0. The summed E-state index contributed by atoms with van der Waals surface area (Å²) >= 11 is 0. The van der Waals surface area contributed by atoms with Crippen molar-refractivity contribution in [2.24, 2.45) is 0 Å². The standard InChI is InChI=1S/F2O.H3P.Sn.Zr/c1-3-2;;;/h;1H3;;. The molecule has 0 amide bonds. The van der Waals surface area contributed by atoms with Crippen molar-refractivity contribution >= 4 is 33.8 Å². The monoisotopic (exact) mass is 298 g/mol. The molecule has 6 heteroatoms. The van der Waals surface area contributed by atoms with Crippen molar-refractivity contribution in [1.29, 1.82) is 0 Å². The summed E-state index contributed by atoms with van der Waals surface area (Å²) in [4.78, 5) is 0. The summed E-state index contributed by atoms with van der Waals surface area (Å²) in [6, 6.07) is 0. The molecular weight excluding hydrogens is 295 g/mol. The van der Waals surface area contributed by atoms with Gasteiger partial charge in [-0.25, -0.2) is 0 Å². The van der Waals surface area contributed by atoms with Gasteiger partial charge in [0.15, 0.2) is 0 Å². The van der Waals surface area contributed by atoms with Crippen LogP contribution in [0.25, 0.3) is 0 Å². The van der Waals surface area contributed by atoms with Gasteiger partial charge in [0.1, 0.15) is 0 Å². The van der Waals surface area contributed by atoms with Crippen LogP contribution in [0, 0.1) is 0 Å². The molecule has 0 heterocycles. The molecule has 0 saturated heterocycles. The van der Waals surface area contributed by atoms with E-state index in [2.05, 4.69) is 0 Å². The second-order valence-electron chi connectivity index (χ2n) is 0.0583. The van der Waals surface area contributed by atoms with Crippen molar-refractivity contribution in [1.82, 2.24) is 0 Å². The zero-order chi connectivity index (χ0) is 2.71. The molecule has 0 rings (SSSR count). The minimum atomic E-state index is 0. The Labute approximate surface area is 73.7 Å². The predicted octanol–water partition coefficient (Wildman–Crippen LogP) is 0.447. The van der Waals surface area contributed by atoms with E-state index in [1.54, 1.807) is 0 Å². The molecule has 0 aliphatic rings. The molecule has 0 aliphatic carbocycles. The van der Waals surface area contributed by atoms with Crippen LogP contribution < -0.4 is 0 Å². The Morgan fingerprint density at radius 1 is 1.17 bits per heavy atom. The molecule has 0 bridgehead atoms. The van der Waals surface area contributed by atoms with Gasteiger partial charge in [0.25, 0.3) is 0 Å². The molecule has 0 aromatic heterocycles. The van der Waals surface area contributed by atoms with Crippen LogP contribution in [0.2, 0.25) is 0 Å². The van der Waals surface area contributed by atoms with E-state index in [0.717, 1.165) is 0 Å². The quantitative estimate of drug-likeness (QED) is 0.466. The molecule has 0 N–H and O–H groups in total. The summed E-state index contributed by atoms with van der Waals surface area (Å²) < 4.78 is 18.2. The normalized spacial score (nSPS) is 3.00. The van der Waals surface area contributed by atoms with Crippen molar-refractivity contribution in [2.75, 3.05) is 0 Å². The third-order valence-corrected chi connectivity index (χ3v) is 0. The number of hydrogen-bond acceptors (Lipinski definition) is 1. The fourth-order valence-corrected chi connectivity index (χ4v) is 0. The van der Waals surface area contributed by atoms with E-state index in [1.165, 1.54) is 5.15 Å². The van der Waals surface area contributed by atoms with Crippen LogP contribution in [0.5, 0.6) is 0 Å². The molecule has 0 aliphatic heterocycles. The molecule has 0 fully saturated rings. The van der Waals surface area contributed by atoms with Crippen molar-refractivity contribution in [3.63, 3.8) is 0 Å². The Bertz CT molecular complexity index is 13.5. The molecule has 1 unspecified atom stereocenters. The van der Waals surface area contributed by atoms with Crippen LogP contribution in [0.1, 0.15) is 0 Å². The van der Waals surface area contributed by atoms with E-state index in [9.17, 15) is 0 Å². The van der Waals surface area contributed by atoms with Gasteiger partial charge in [0, 0.05) is 55.3 Å². The summed E-state index contributed by atoms with van der Waals surface area (Å²) in [5, 5.41) is 1.25. The van der Waals surface area contributed by atoms with Crippen LogP contribution in [-0.2, 0) is 31.3 Å². The Hall–Kier alpha value is 1.93. The van der Waals surface area contributed by atoms with Gasteiger partial charge in [0.05, 0.1) is 0 Å². The van der Waals surface area contributed by atoms with Gasteiger partial charge in [-0.15, -0.1) is 0 Å². The topological polar surface area (TPSA) is 9.23 Å². The van der Waals surface area contributed by atoms with Crippen molar-refractivity contribution in [3.05, 3.63) is 0 Å². The average Bonchev–Trinajstić information content (AvgIpc) is 0.918. The van der Waals surface area contributed by atoms with E-state index < -0.39 is 0 Å². The summed E-state index contributed by atoms with van der Waals surface area (Å²) in [7, 11) is 0. The van der Waals surface area contributed by atoms with Gasteiger partial charge < -0.3 is 0 Å². The molecule has 36 valence electrons. The zero-order valence-electron chi connectivity index (χ0n) is 2.87. The van der Waals surface area contributed by atoms with Crippen LogP contribution in [0.3, 0.4) is 0 Å². The minimum Gasteiger partial charge on any atom is -0.153 e. The van der Waals surface area contributed by atoms with Crippen LogP contribution >= 0.6 is 9.90 Å². The zero-order valence-corrected chi connectivity index (χ0v) is 9.60. The minimum absolute atomic E-state index is 0. The van der Waals surface area contributed by atoms with E-state index in [0.29, 0.717) is 0 Å². The van der Waals surface area contributed by atoms with E-state index >= 15 is 0 Å². The fourth-order valence-electron chi connectivity index (χ4n) is 0. The molecular formula is H3F2OPSnZr. The summed E-state index contributed by atoms with van der Waals surface area (Å²) in [5.74, 6) is 0. The Morgan fingerprint density at radius 3 is 1.17 bits per heavy atom. The van der Waals surface area contributed by atoms with Crippen LogP contribution in [0.4, 0.5) is 9.05 Å². The first kappa shape index (κ1) is 24.7. The van der Waals surface area contributed by atoms with Crippen LogP contribution in [-0.4, -0.2) is 23.9 Å². The molecule has 1 nitrogen and oxygen atoms in total. The molecule has 1 atom stereocenters. The molecule has 0 aromatic carbocycles. The number of halogens is 2. The van der Waals surface area contributed by atoms with Gasteiger partial charge in [-0.05, 0) is 9.05 Å². The second kappa shape index (κ2) is 28.4. The van der Waals surface area contributed by atoms with Crippen molar-refractivity contribution < 1.29 is 40.4 Å². The smallest absolute Gasteiger partial charge is 0.0209 e. The second-order valence-corrected chi connectivity index (χ2v) is 0.0583. The molecule has 6 heavy (non-hydrogen) atoms. The van der Waals surface area contributed by atoms with E-state index in [4.69, 9.17) is 9.05 Å². The summed E-state index contributed by atoms with van der Waals surface area (Å²) in [6.45, 7) is 0. The third kappa shape index (κ3) is 38.7. The van der Waals surface area contributed by atoms with E-state index in [1.807, 2.05) is 0 Å². The number of rotatable bonds is 0. The maximum atomic E-state index is 9.12. The Kier molecular flexibility index (Phi) is 117. The van der Waals surface area contributed by atoms with Crippen molar-refractivity contribution in [3.8, 4) is 0 Å². The average molecular weight is 298 g/mol. The summed E-state index contributed by atoms with van der Waals surface area (Å²) in [5.41, 5.74) is 0. The van der Waals surface area contributed by atoms with Gasteiger partial charge >= 0.3 is 0 Å². The first-order chi connectivity index (χ1) is 1.41. The maximum absolute atomic E-state index is 9.12. The largest absolute Gasteiger partial charge is 0.153 e. The van der Waals surface area contributed by atoms with Crippen LogP contribution in [0.15, 0.2) is 0 Å². The van der Waals surface area contributed by atoms with Crippen molar-refractivity contribution in [2.45, 2.75) is 0 Å². The first-order valence-corrected chi connectivity index (χ1v) is 0.309. The molecule has 0 spiro atoms. The molecule has 4 radical (unpaired) electrons. The summed E-state index contributed by atoms with van der Waals surface area (Å²) in [6.07, 6.45) is 0.